The number of alkyl halides is 3. The number of rotatable bonds is 3. The van der Waals surface area contributed by atoms with Crippen molar-refractivity contribution >= 4 is 10.1 Å². The van der Waals surface area contributed by atoms with E-state index in [2.05, 4.69) is 9.17 Å². The molecule has 0 saturated heterocycles. The van der Waals surface area contributed by atoms with Crippen molar-refractivity contribution in [1.82, 2.24) is 4.98 Å². The number of benzene rings is 1. The molecule has 0 spiro atoms. The van der Waals surface area contributed by atoms with E-state index in [0.29, 0.717) is 11.1 Å². The van der Waals surface area contributed by atoms with Crippen LogP contribution in [0.2, 0.25) is 0 Å². The third-order valence-electron chi connectivity index (χ3n) is 2.31. The van der Waals surface area contributed by atoms with Crippen molar-refractivity contribution in [1.29, 1.82) is 0 Å². The lowest BCUT2D eigenvalue weighted by Gasteiger charge is -2.10. The van der Waals surface area contributed by atoms with Crippen LogP contribution in [-0.2, 0) is 10.1 Å². The Bertz CT molecular complexity index is 699. The largest absolute Gasteiger partial charge is 0.534 e. The van der Waals surface area contributed by atoms with Gasteiger partial charge in [0.05, 0.1) is 6.20 Å². The van der Waals surface area contributed by atoms with Crippen molar-refractivity contribution in [3.05, 3.63) is 48.8 Å². The normalized spacial score (nSPS) is 12.2. The van der Waals surface area contributed by atoms with Gasteiger partial charge in [0.1, 0.15) is 0 Å². The summed E-state index contributed by atoms with van der Waals surface area (Å²) in [7, 11) is -5.69. The zero-order valence-corrected chi connectivity index (χ0v) is 10.6. The molecule has 0 unspecified atom stereocenters. The van der Waals surface area contributed by atoms with Crippen LogP contribution >= 0.6 is 0 Å². The molecule has 2 rings (SSSR count). The molecule has 0 amide bonds. The second kappa shape index (κ2) is 5.12. The SMILES string of the molecule is O=S(=O)(Oc1cncc(-c2ccccc2)c1)C(F)(F)F. The molecule has 0 fully saturated rings. The van der Waals surface area contributed by atoms with Crippen molar-refractivity contribution < 1.29 is 25.8 Å². The van der Waals surface area contributed by atoms with Gasteiger partial charge in [-0.15, -0.1) is 0 Å². The second-order valence-corrected chi connectivity index (χ2v) is 5.30. The summed E-state index contributed by atoms with van der Waals surface area (Å²) >= 11 is 0. The fourth-order valence-corrected chi connectivity index (χ4v) is 1.87. The Balaban J connectivity index is 2.33. The van der Waals surface area contributed by atoms with Crippen LogP contribution in [0, 0.1) is 0 Å². The molecule has 4 nitrogen and oxygen atoms in total. The molecule has 1 aromatic carbocycles. The molecule has 0 aliphatic rings. The van der Waals surface area contributed by atoms with Crippen molar-refractivity contribution in [2.24, 2.45) is 0 Å². The third-order valence-corrected chi connectivity index (χ3v) is 3.29. The van der Waals surface area contributed by atoms with Gasteiger partial charge < -0.3 is 4.18 Å². The van der Waals surface area contributed by atoms with Crippen LogP contribution in [-0.4, -0.2) is 18.9 Å². The van der Waals surface area contributed by atoms with E-state index in [1.807, 2.05) is 0 Å². The molecule has 0 bridgehead atoms. The Morgan fingerprint density at radius 2 is 1.65 bits per heavy atom. The summed E-state index contributed by atoms with van der Waals surface area (Å²) in [4.78, 5) is 3.67. The Kier molecular flexibility index (Phi) is 3.67. The monoisotopic (exact) mass is 303 g/mol. The maximum absolute atomic E-state index is 12.2. The maximum atomic E-state index is 12.2. The molecule has 0 aliphatic heterocycles. The second-order valence-electron chi connectivity index (χ2n) is 3.76. The smallest absolute Gasteiger partial charge is 0.374 e. The minimum atomic E-state index is -5.69. The predicted molar refractivity (Wildman–Crippen MR) is 65.3 cm³/mol. The van der Waals surface area contributed by atoms with Gasteiger partial charge in [0.2, 0.25) is 0 Å². The van der Waals surface area contributed by atoms with E-state index in [9.17, 15) is 21.6 Å². The number of hydrogen-bond acceptors (Lipinski definition) is 4. The lowest BCUT2D eigenvalue weighted by atomic mass is 10.1. The summed E-state index contributed by atoms with van der Waals surface area (Å²) in [6.45, 7) is 0. The zero-order valence-electron chi connectivity index (χ0n) is 9.83. The Labute approximate surface area is 113 Å². The van der Waals surface area contributed by atoms with E-state index in [1.54, 1.807) is 30.3 Å². The van der Waals surface area contributed by atoms with Gasteiger partial charge in [0.15, 0.2) is 5.75 Å². The van der Waals surface area contributed by atoms with Gasteiger partial charge in [-0.3, -0.25) is 4.98 Å². The summed E-state index contributed by atoms with van der Waals surface area (Å²) in [5.74, 6) is -0.497. The fourth-order valence-electron chi connectivity index (χ4n) is 1.43. The number of pyridine rings is 1. The molecule has 1 aromatic heterocycles. The van der Waals surface area contributed by atoms with Gasteiger partial charge in [-0.1, -0.05) is 30.3 Å². The highest BCUT2D eigenvalue weighted by atomic mass is 32.2. The first-order chi connectivity index (χ1) is 9.29. The Morgan fingerprint density at radius 3 is 2.25 bits per heavy atom. The average Bonchev–Trinajstić information content (AvgIpc) is 2.38. The van der Waals surface area contributed by atoms with Gasteiger partial charge in [-0.2, -0.15) is 21.6 Å². The molecule has 20 heavy (non-hydrogen) atoms. The molecule has 1 heterocycles. The first-order valence-corrected chi connectivity index (χ1v) is 6.72. The Morgan fingerprint density at radius 1 is 1.00 bits per heavy atom. The summed E-state index contributed by atoms with van der Waals surface area (Å²) in [6, 6.07) is 9.82. The first kappa shape index (κ1) is 14.3. The number of aromatic nitrogens is 1. The molecule has 0 radical (unpaired) electrons. The quantitative estimate of drug-likeness (QED) is 0.646. The highest BCUT2D eigenvalue weighted by Gasteiger charge is 2.48. The topological polar surface area (TPSA) is 56.3 Å². The molecular weight excluding hydrogens is 295 g/mol. The molecule has 0 atom stereocenters. The first-order valence-electron chi connectivity index (χ1n) is 5.31. The summed E-state index contributed by atoms with van der Waals surface area (Å²) in [5, 5.41) is 0. The average molecular weight is 303 g/mol. The van der Waals surface area contributed by atoms with E-state index >= 15 is 0 Å². The molecule has 0 saturated carbocycles. The van der Waals surface area contributed by atoms with Crippen molar-refractivity contribution in [3.63, 3.8) is 0 Å². The minimum absolute atomic E-state index is 0.445. The van der Waals surface area contributed by atoms with E-state index in [1.165, 1.54) is 12.3 Å². The highest BCUT2D eigenvalue weighted by Crippen LogP contribution is 2.28. The van der Waals surface area contributed by atoms with Crippen LogP contribution in [0.4, 0.5) is 13.2 Å². The van der Waals surface area contributed by atoms with Crippen LogP contribution in [0.15, 0.2) is 48.8 Å². The van der Waals surface area contributed by atoms with Gasteiger partial charge in [0.25, 0.3) is 0 Å². The van der Waals surface area contributed by atoms with E-state index in [-0.39, 0.29) is 0 Å². The van der Waals surface area contributed by atoms with Crippen molar-refractivity contribution in [3.8, 4) is 16.9 Å². The van der Waals surface area contributed by atoms with Crippen molar-refractivity contribution in [2.75, 3.05) is 0 Å². The van der Waals surface area contributed by atoms with Crippen LogP contribution in [0.1, 0.15) is 0 Å². The van der Waals surface area contributed by atoms with E-state index in [4.69, 9.17) is 0 Å². The zero-order chi connectivity index (χ0) is 14.8. The third kappa shape index (κ3) is 3.08. The Hall–Kier alpha value is -2.09. The molecular formula is C12H8F3NO3S. The number of nitrogens with zero attached hydrogens (tertiary/aromatic N) is 1. The van der Waals surface area contributed by atoms with E-state index < -0.39 is 21.4 Å². The number of halogens is 3. The van der Waals surface area contributed by atoms with Gasteiger partial charge >= 0.3 is 15.6 Å². The van der Waals surface area contributed by atoms with Gasteiger partial charge in [-0.05, 0) is 11.6 Å². The molecule has 106 valence electrons. The summed E-state index contributed by atoms with van der Waals surface area (Å²) < 4.78 is 62.4. The van der Waals surface area contributed by atoms with Gasteiger partial charge in [0, 0.05) is 11.8 Å². The number of hydrogen-bond donors (Lipinski definition) is 0. The lowest BCUT2D eigenvalue weighted by Crippen LogP contribution is -2.28. The molecule has 8 heteroatoms. The van der Waals surface area contributed by atoms with E-state index in [0.717, 1.165) is 6.20 Å². The van der Waals surface area contributed by atoms with Crippen LogP contribution in [0.5, 0.6) is 5.75 Å². The summed E-state index contributed by atoms with van der Waals surface area (Å²) in [5.41, 5.74) is -4.36. The van der Waals surface area contributed by atoms with Crippen LogP contribution in [0.3, 0.4) is 0 Å². The van der Waals surface area contributed by atoms with Crippen molar-refractivity contribution in [2.45, 2.75) is 5.51 Å². The molecule has 2 aromatic rings. The molecule has 0 aliphatic carbocycles. The van der Waals surface area contributed by atoms with Crippen LogP contribution in [0.25, 0.3) is 11.1 Å². The maximum Gasteiger partial charge on any atom is 0.534 e. The molecule has 0 N–H and O–H groups in total. The highest BCUT2D eigenvalue weighted by molar-refractivity contribution is 7.87. The minimum Gasteiger partial charge on any atom is -0.374 e. The lowest BCUT2D eigenvalue weighted by molar-refractivity contribution is -0.0500. The fraction of sp³-hybridized carbons (Fsp3) is 0.0833. The van der Waals surface area contributed by atoms with Gasteiger partial charge in [-0.25, -0.2) is 0 Å². The standard InChI is InChI=1S/C12H8F3NO3S/c13-12(14,15)20(17,18)19-11-6-10(7-16-8-11)9-4-2-1-3-5-9/h1-8H. The van der Waals surface area contributed by atoms with Crippen LogP contribution < -0.4 is 4.18 Å². The predicted octanol–water partition coefficient (Wildman–Crippen LogP) is 2.98. The summed E-state index contributed by atoms with van der Waals surface area (Å²) in [6.07, 6.45) is 2.29.